The molecule has 0 saturated heterocycles. The molecule has 0 bridgehead atoms. The van der Waals surface area contributed by atoms with E-state index in [-0.39, 0.29) is 138 Å². The van der Waals surface area contributed by atoms with Crippen LogP contribution in [0.2, 0.25) is 0 Å². The molecule has 139 heavy (non-hydrogen) atoms. The van der Waals surface area contributed by atoms with E-state index in [1.165, 1.54) is 77.9 Å². The van der Waals surface area contributed by atoms with E-state index in [9.17, 15) is 30.6 Å². The van der Waals surface area contributed by atoms with Gasteiger partial charge in [0.2, 0.25) is 0 Å². The maximum atomic E-state index is 10.9. The summed E-state index contributed by atoms with van der Waals surface area (Å²) >= 11 is 4.19. The van der Waals surface area contributed by atoms with Gasteiger partial charge in [-0.1, -0.05) is 429 Å². The number of hydrogen-bond acceptors (Lipinski definition) is 7. The third-order valence-electron chi connectivity index (χ3n) is 26.2. The summed E-state index contributed by atoms with van der Waals surface area (Å²) in [5.41, 5.74) is 32.9. The predicted octanol–water partition coefficient (Wildman–Crippen LogP) is 39.5. The van der Waals surface area contributed by atoms with Crippen molar-refractivity contribution in [2.75, 3.05) is 0 Å². The van der Waals surface area contributed by atoms with Crippen LogP contribution >= 0.6 is 12.6 Å². The van der Waals surface area contributed by atoms with E-state index in [4.69, 9.17) is 0 Å². The van der Waals surface area contributed by atoms with Crippen LogP contribution in [0.25, 0.3) is 18.2 Å². The maximum Gasteiger partial charge on any atom is 0.119 e. The second kappa shape index (κ2) is 49.2. The second-order valence-corrected chi connectivity index (χ2v) is 50.9. The molecule has 0 amide bonds. The molecule has 774 valence electrons. The smallest absolute Gasteiger partial charge is 0.119 e. The zero-order valence-electron chi connectivity index (χ0n) is 91.9. The highest BCUT2D eigenvalue weighted by atomic mass is 32.1. The summed E-state index contributed by atoms with van der Waals surface area (Å²) in [7, 11) is 0. The van der Waals surface area contributed by atoms with Crippen LogP contribution < -0.4 is 0 Å². The van der Waals surface area contributed by atoms with E-state index >= 15 is 0 Å². The van der Waals surface area contributed by atoms with Crippen molar-refractivity contribution >= 4 is 30.9 Å². The lowest BCUT2D eigenvalue weighted by molar-refractivity contribution is 0.443. The summed E-state index contributed by atoms with van der Waals surface area (Å²) in [5.74, 6) is 2.02. The molecule has 6 N–H and O–H groups in total. The molecule has 6 nitrogen and oxygen atoms in total. The highest BCUT2D eigenvalue weighted by Gasteiger charge is 2.37. The largest absolute Gasteiger partial charge is 0.508 e. The molecule has 9 aromatic rings. The van der Waals surface area contributed by atoms with Gasteiger partial charge in [-0.25, -0.2) is 0 Å². The molecule has 0 heterocycles. The lowest BCUT2D eigenvalue weighted by Crippen LogP contribution is -2.25. The van der Waals surface area contributed by atoms with Crippen LogP contribution in [0.3, 0.4) is 0 Å². The summed E-state index contributed by atoms with van der Waals surface area (Å²) in [4.78, 5) is 0. The Kier molecular flexibility index (Phi) is 46.7. The third-order valence-corrected chi connectivity index (χ3v) is 26.3. The van der Waals surface area contributed by atoms with Crippen LogP contribution in [0.15, 0.2) is 169 Å². The van der Waals surface area contributed by atoms with Gasteiger partial charge in [0.25, 0.3) is 0 Å². The molecule has 7 heteroatoms. The number of allylic oxidation sites excluding steroid dienone is 3. The first kappa shape index (κ1) is 132. The summed E-state index contributed by atoms with van der Waals surface area (Å²) in [6, 6.07) is 45.5. The van der Waals surface area contributed by atoms with Gasteiger partial charge in [-0.3, -0.25) is 0 Å². The van der Waals surface area contributed by atoms with Gasteiger partial charge in [0.1, 0.15) is 34.5 Å². The van der Waals surface area contributed by atoms with Crippen LogP contribution in [-0.2, 0) is 75.8 Å². The number of benzene rings is 9. The molecule has 0 radical (unpaired) electrons. The Morgan fingerprint density at radius 2 is 0.446 bits per heavy atom. The fraction of sp³-hybridized carbons (Fsp3) is 0.523. The zero-order valence-corrected chi connectivity index (χ0v) is 92.8. The Hall–Kier alpha value is -9.13. The van der Waals surface area contributed by atoms with Crippen LogP contribution in [0.1, 0.15) is 492 Å². The molecule has 0 atom stereocenters. The van der Waals surface area contributed by atoms with Crippen molar-refractivity contribution in [1.82, 2.24) is 0 Å². The van der Waals surface area contributed by atoms with Crippen LogP contribution in [0.4, 0.5) is 0 Å². The molecule has 0 unspecified atom stereocenters. The van der Waals surface area contributed by atoms with Gasteiger partial charge in [0.15, 0.2) is 0 Å². The number of hydrogen-bond donors (Lipinski definition) is 7. The Bertz CT molecular complexity index is 5030. The number of aryl methyl sites for hydroxylation is 2. The van der Waals surface area contributed by atoms with E-state index in [0.717, 1.165) is 79.6 Å². The molecule has 0 aliphatic carbocycles. The summed E-state index contributed by atoms with van der Waals surface area (Å²) in [6.45, 7) is 101. The molecular weight excluding hydrogens is 1710 g/mol. The SMILES string of the molecule is C.C.C.C.C.C.CC(C)(C)c1cc(C(C)(C=C=CC(C)(c2ccc(O)c(C(C)(C)C)c2)c2ccc(O)c(C(C)(C)C)c2)c2ccc(O)c(C(C)(C)C)c2)ccc1O.CC=Cc1cc(C(C)(C)C)c(C)c(C(C)(C)C)c1.CC=Cc1cc(C(C)(C)C)c(C)c(C(C)(C)C)c1.CCCC(c1cc(C(C)(C)C)c(O)cc1C)c1cc(C(C)(C)C)c(O)cc1C.Cc1c(C(C)(C)C)cc(C=CS)cc1C(C)(C)C. The lowest BCUT2D eigenvalue weighted by Gasteiger charge is -2.32. The monoisotopic (exact) mass is 1920 g/mol. The molecule has 9 rings (SSSR count). The number of aromatic hydroxyl groups is 6. The molecule has 9 aromatic carbocycles. The van der Waals surface area contributed by atoms with E-state index in [0.29, 0.717) is 11.5 Å². The van der Waals surface area contributed by atoms with Crippen molar-refractivity contribution in [2.24, 2.45) is 0 Å². The minimum atomic E-state index is -0.712. The molecule has 0 aromatic heterocycles. The minimum absolute atomic E-state index is 0. The molecule has 0 aliphatic heterocycles. The van der Waals surface area contributed by atoms with Crippen molar-refractivity contribution in [3.8, 4) is 34.5 Å². The fourth-order valence-corrected chi connectivity index (χ4v) is 18.8. The van der Waals surface area contributed by atoms with Gasteiger partial charge >= 0.3 is 0 Å². The normalized spacial score (nSPS) is 12.5. The van der Waals surface area contributed by atoms with Gasteiger partial charge in [-0.15, -0.1) is 5.73 Å². The van der Waals surface area contributed by atoms with Crippen molar-refractivity contribution in [2.45, 2.75) is 458 Å². The average Bonchev–Trinajstić information content (AvgIpc) is 0.765. The first-order chi connectivity index (χ1) is 60.2. The Morgan fingerprint density at radius 1 is 0.259 bits per heavy atom. The van der Waals surface area contributed by atoms with Crippen LogP contribution in [0, 0.1) is 34.6 Å². The quantitative estimate of drug-likeness (QED) is 0.0456. The molecule has 0 fully saturated rings. The number of rotatable bonds is 13. The first-order valence-corrected chi connectivity index (χ1v) is 49.2. The van der Waals surface area contributed by atoms with Gasteiger partial charge in [0.05, 0.1) is 0 Å². The topological polar surface area (TPSA) is 121 Å². The van der Waals surface area contributed by atoms with Gasteiger partial charge in [-0.05, 0) is 338 Å². The summed E-state index contributed by atoms with van der Waals surface area (Å²) in [5, 5.41) is 66.6. The number of thiol groups is 1. The second-order valence-electron chi connectivity index (χ2n) is 50.6. The Morgan fingerprint density at radius 3 is 0.619 bits per heavy atom. The average molecular weight is 1920 g/mol. The van der Waals surface area contributed by atoms with Gasteiger partial charge in [0, 0.05) is 16.7 Å². The summed E-state index contributed by atoms with van der Waals surface area (Å²) in [6.07, 6.45) is 17.0. The maximum absolute atomic E-state index is 10.9. The molecule has 0 spiro atoms. The number of phenols is 6. The van der Waals surface area contributed by atoms with Gasteiger partial charge < -0.3 is 30.6 Å². The van der Waals surface area contributed by atoms with E-state index in [1.54, 1.807) is 24.3 Å². The van der Waals surface area contributed by atoms with Crippen molar-refractivity contribution in [3.05, 3.63) is 314 Å². The van der Waals surface area contributed by atoms with E-state index in [2.05, 4.69) is 452 Å². The standard InChI is InChI=1S/C47H60O4.C26H38O2.2C18H28.C17H26S.6CH4/c1-42(2,3)34-26-30(16-20-38(34)48)46(13,31-17-21-39(49)35(27-31)43(4,5)6)24-15-25-47(14,32-18-22-40(50)36(28-32)44(7,8)9)33-19-23-41(51)37(29-33)45(10,11)12;1-10-11-18(19-14-21(25(4,5)6)23(27)12-16(19)2)20-15-22(26(7,8)9)24(28)13-17(20)3;2*1-9-10-14-11-15(17(3,4)5)13(2)16(12-14)18(6,7)8;1-12-14(16(2,3)4)10-13(8-9-18)11-15(12)17(5,6)7;;;;;;/h16-29,48-51H,1-14H3;12-15,18,27-28H,10-11H2,1-9H3;2*9-12H,1-8H3;8-11,18H,1-7H3;6*1H4. The third kappa shape index (κ3) is 34.0. The van der Waals surface area contributed by atoms with Crippen molar-refractivity contribution in [1.29, 1.82) is 0 Å². The fourth-order valence-electron chi connectivity index (χ4n) is 18.7. The van der Waals surface area contributed by atoms with Crippen LogP contribution in [-0.4, -0.2) is 30.6 Å². The van der Waals surface area contributed by atoms with E-state index < -0.39 is 10.8 Å². The predicted molar refractivity (Wildman–Crippen MR) is 626 cm³/mol. The molecular formula is C132H204O6S. The minimum Gasteiger partial charge on any atom is -0.508 e. The first-order valence-electron chi connectivity index (χ1n) is 48.7. The zero-order chi connectivity index (χ0) is 102. The summed E-state index contributed by atoms with van der Waals surface area (Å²) < 4.78 is 0. The van der Waals surface area contributed by atoms with E-state index in [1.807, 2.05) is 41.8 Å². The lowest BCUT2D eigenvalue weighted by atomic mass is 9.71. The molecule has 0 saturated carbocycles. The highest BCUT2D eigenvalue weighted by Crippen LogP contribution is 2.49. The van der Waals surface area contributed by atoms with Gasteiger partial charge in [-0.2, -0.15) is 12.6 Å². The van der Waals surface area contributed by atoms with Crippen LogP contribution in [0.5, 0.6) is 34.5 Å². The Balaban J connectivity index is 0. The van der Waals surface area contributed by atoms with Crippen molar-refractivity contribution < 1.29 is 30.6 Å². The van der Waals surface area contributed by atoms with Crippen molar-refractivity contribution in [3.63, 3.8) is 0 Å². The number of phenolic OH excluding ortho intramolecular Hbond substituents is 6. The Labute approximate surface area is 861 Å². The molecule has 0 aliphatic rings. The highest BCUT2D eigenvalue weighted by molar-refractivity contribution is 7.83.